The van der Waals surface area contributed by atoms with Gasteiger partial charge in [-0.25, -0.2) is 0 Å². The molecule has 0 unspecified atom stereocenters. The summed E-state index contributed by atoms with van der Waals surface area (Å²) in [5, 5.41) is 0. The average Bonchev–Trinajstić information content (AvgIpc) is 2.51. The van der Waals surface area contributed by atoms with Crippen LogP contribution in [0.15, 0.2) is 18.2 Å². The Labute approximate surface area is 179 Å². The van der Waals surface area contributed by atoms with Crippen molar-refractivity contribution in [1.82, 2.24) is 0 Å². The third-order valence-corrected chi connectivity index (χ3v) is 5.03. The zero-order chi connectivity index (χ0) is 22.6. The molecule has 0 amide bonds. The summed E-state index contributed by atoms with van der Waals surface area (Å²) < 4.78 is 48.8. The number of hydrogen-bond acceptors (Lipinski definition) is 6. The van der Waals surface area contributed by atoms with E-state index in [0.717, 1.165) is 0 Å². The van der Waals surface area contributed by atoms with Crippen LogP contribution in [0.25, 0.3) is 0 Å². The molecule has 0 radical (unpaired) electrons. The van der Waals surface area contributed by atoms with Crippen molar-refractivity contribution >= 4 is 32.9 Å². The van der Waals surface area contributed by atoms with Gasteiger partial charge in [0.15, 0.2) is 0 Å². The molecule has 1 aromatic rings. The summed E-state index contributed by atoms with van der Waals surface area (Å²) in [7, 11) is 0. The quantitative estimate of drug-likeness (QED) is 0.350. The van der Waals surface area contributed by atoms with E-state index in [0.29, 0.717) is 0 Å². The van der Waals surface area contributed by atoms with E-state index in [1.165, 1.54) is 32.0 Å². The second-order valence-corrected chi connectivity index (χ2v) is 10.6. The van der Waals surface area contributed by atoms with Crippen LogP contribution in [0.5, 0.6) is 11.5 Å². The molecule has 0 aliphatic carbocycles. The number of carbonyl (C=O) groups excluding carboxylic acids is 2. The molecule has 0 saturated carbocycles. The zero-order valence-corrected chi connectivity index (χ0v) is 20.1. The number of halogens is 3. The predicted octanol–water partition coefficient (Wildman–Crippen LogP) is 5.35. The molecule has 0 heterocycles. The molecular formula is C20H29F2IO6. The monoisotopic (exact) mass is 530 g/mol. The topological polar surface area (TPSA) is 71.1 Å². The average molecular weight is 530 g/mol. The maximum atomic E-state index is 13.9. The van der Waals surface area contributed by atoms with Crippen molar-refractivity contribution in [2.75, 3.05) is 0 Å². The molecule has 0 bridgehead atoms. The molecular weight excluding hydrogens is 501 g/mol. The summed E-state index contributed by atoms with van der Waals surface area (Å²) in [6.07, 6.45) is -2.19. The van der Waals surface area contributed by atoms with Crippen LogP contribution in [0.2, 0.25) is 0 Å². The van der Waals surface area contributed by atoms with E-state index in [-0.39, 0.29) is 11.5 Å². The molecule has 0 spiro atoms. The van der Waals surface area contributed by atoms with Gasteiger partial charge in [0.25, 0.3) is 0 Å². The first-order chi connectivity index (χ1) is 13.1. The Morgan fingerprint density at radius 1 is 0.828 bits per heavy atom. The van der Waals surface area contributed by atoms with Crippen molar-refractivity contribution in [3.8, 4) is 11.5 Å². The van der Waals surface area contributed by atoms with Crippen LogP contribution in [-0.4, -0.2) is 35.3 Å². The van der Waals surface area contributed by atoms with Crippen molar-refractivity contribution < 1.29 is 34.3 Å². The fourth-order valence-corrected chi connectivity index (χ4v) is 3.48. The summed E-state index contributed by atoms with van der Waals surface area (Å²) in [5.74, 6) is -1.66. The third kappa shape index (κ3) is 8.71. The van der Waals surface area contributed by atoms with E-state index in [9.17, 15) is 15.3 Å². The Morgan fingerprint density at radius 3 is 1.45 bits per heavy atom. The van der Waals surface area contributed by atoms with Gasteiger partial charge in [-0.05, 0) is 0 Å². The maximum absolute atomic E-state index is 13.9. The molecule has 0 aliphatic heterocycles. The number of ether oxygens (including phenoxy) is 4. The van der Waals surface area contributed by atoms with Gasteiger partial charge >= 0.3 is 179 Å². The van der Waals surface area contributed by atoms with E-state index in [4.69, 9.17) is 18.9 Å². The molecule has 0 aromatic heterocycles. The van der Waals surface area contributed by atoms with Gasteiger partial charge in [0.05, 0.1) is 0 Å². The van der Waals surface area contributed by atoms with Crippen LogP contribution in [0, 0.1) is 3.57 Å². The van der Waals surface area contributed by atoms with E-state index in [2.05, 4.69) is 0 Å². The molecule has 2 atom stereocenters. The Hall–Kier alpha value is -1.65. The molecule has 1 rings (SSSR count). The summed E-state index contributed by atoms with van der Waals surface area (Å²) in [4.78, 5) is 24.2. The summed E-state index contributed by atoms with van der Waals surface area (Å²) in [5.41, 5.74) is -1.46. The summed E-state index contributed by atoms with van der Waals surface area (Å²) in [6, 6.07) is 4.13. The zero-order valence-electron chi connectivity index (χ0n) is 18.0. The molecule has 0 fully saturated rings. The molecule has 29 heavy (non-hydrogen) atoms. The van der Waals surface area contributed by atoms with Gasteiger partial charge in [-0.15, -0.1) is 0 Å². The van der Waals surface area contributed by atoms with Crippen LogP contribution in [0.4, 0.5) is 5.72 Å². The molecule has 1 aromatic carbocycles. The Bertz CT molecular complexity index is 670. The first-order valence-corrected chi connectivity index (χ1v) is 11.8. The van der Waals surface area contributed by atoms with Crippen molar-refractivity contribution in [1.29, 1.82) is 0 Å². The molecule has 166 valence electrons. The standard InChI is InChI=1S/C20H29F2IO6/c1-12(17(24)28-19(3,4)5)26-14-10-9-11-15(16(14)23(21)22)27-13(2)18(25)29-20(6,7)8/h9-13H,1-8H3/t12-,13-/m0/s1. The van der Waals surface area contributed by atoms with Gasteiger partial charge in [-0.2, -0.15) is 0 Å². The van der Waals surface area contributed by atoms with E-state index >= 15 is 0 Å². The van der Waals surface area contributed by atoms with Crippen LogP contribution >= 0.6 is 21.0 Å². The molecule has 0 N–H and O–H groups in total. The molecule has 9 heteroatoms. The van der Waals surface area contributed by atoms with Gasteiger partial charge in [0.2, 0.25) is 0 Å². The van der Waals surface area contributed by atoms with Crippen molar-refractivity contribution in [2.45, 2.75) is 78.8 Å². The van der Waals surface area contributed by atoms with Gasteiger partial charge in [-0.3, -0.25) is 0 Å². The minimum absolute atomic E-state index is 0.160. The first kappa shape index (κ1) is 25.4. The molecule has 0 aliphatic rings. The second-order valence-electron chi connectivity index (χ2n) is 8.35. The number of rotatable bonds is 7. The molecule has 6 nitrogen and oxygen atoms in total. The minimum atomic E-state index is -4.61. The normalized spacial score (nSPS) is 14.5. The van der Waals surface area contributed by atoms with Gasteiger partial charge in [-0.1, -0.05) is 0 Å². The van der Waals surface area contributed by atoms with E-state index in [1.54, 1.807) is 41.5 Å². The Balaban J connectivity index is 3.06. The fraction of sp³-hybridized carbons (Fsp3) is 0.600. The number of hydrogen-bond donors (Lipinski definition) is 0. The third-order valence-electron chi connectivity index (χ3n) is 3.16. The van der Waals surface area contributed by atoms with Gasteiger partial charge in [0, 0.05) is 0 Å². The van der Waals surface area contributed by atoms with Gasteiger partial charge in [0.1, 0.15) is 0 Å². The fourth-order valence-electron chi connectivity index (χ4n) is 2.06. The van der Waals surface area contributed by atoms with Crippen molar-refractivity contribution in [3.63, 3.8) is 0 Å². The number of carbonyl (C=O) groups is 2. The Kier molecular flexibility index (Phi) is 8.67. The second kappa shape index (κ2) is 9.90. The van der Waals surface area contributed by atoms with E-state index < -0.39 is 59.9 Å². The van der Waals surface area contributed by atoms with Crippen LogP contribution in [0.3, 0.4) is 0 Å². The van der Waals surface area contributed by atoms with Crippen molar-refractivity contribution in [2.24, 2.45) is 0 Å². The van der Waals surface area contributed by atoms with Crippen LogP contribution in [-0.2, 0) is 19.1 Å². The van der Waals surface area contributed by atoms with Crippen molar-refractivity contribution in [3.05, 3.63) is 21.8 Å². The summed E-state index contributed by atoms with van der Waals surface area (Å²) >= 11 is -4.61. The number of benzene rings is 1. The molecule has 0 saturated heterocycles. The Morgan fingerprint density at radius 2 is 1.17 bits per heavy atom. The van der Waals surface area contributed by atoms with Crippen LogP contribution in [0.1, 0.15) is 55.4 Å². The van der Waals surface area contributed by atoms with Gasteiger partial charge < -0.3 is 0 Å². The number of esters is 2. The predicted molar refractivity (Wildman–Crippen MR) is 113 cm³/mol. The van der Waals surface area contributed by atoms with Crippen LogP contribution < -0.4 is 9.47 Å². The summed E-state index contributed by atoms with van der Waals surface area (Å²) in [6.45, 7) is 13.0. The SMILES string of the molecule is C[C@H](Oc1cccc(O[C@@H](C)C(=O)OC(C)(C)C)c1I(F)F)C(=O)OC(C)(C)C. The van der Waals surface area contributed by atoms with E-state index in [1.807, 2.05) is 0 Å². The first-order valence-electron chi connectivity index (χ1n) is 9.06.